The highest BCUT2D eigenvalue weighted by Gasteiger charge is 2.58. The summed E-state index contributed by atoms with van der Waals surface area (Å²) in [7, 11) is 1.37. The van der Waals surface area contributed by atoms with Gasteiger partial charge in [0.2, 0.25) is 0 Å². The fourth-order valence-electron chi connectivity index (χ4n) is 6.05. The fourth-order valence-corrected chi connectivity index (χ4v) is 6.05. The van der Waals surface area contributed by atoms with Crippen molar-refractivity contribution in [2.45, 2.75) is 65.4 Å². The molecular formula is C20H30O4. The van der Waals surface area contributed by atoms with E-state index in [-0.39, 0.29) is 40.5 Å². The van der Waals surface area contributed by atoms with Gasteiger partial charge >= 0.3 is 5.97 Å². The summed E-state index contributed by atoms with van der Waals surface area (Å²) in [6.07, 6.45) is 6.36. The monoisotopic (exact) mass is 334 g/mol. The highest BCUT2D eigenvalue weighted by Crippen LogP contribution is 2.62. The van der Waals surface area contributed by atoms with E-state index in [0.717, 1.165) is 32.1 Å². The molecule has 0 saturated heterocycles. The van der Waals surface area contributed by atoms with E-state index in [1.165, 1.54) is 7.11 Å². The van der Waals surface area contributed by atoms with Crippen LogP contribution in [0, 0.1) is 28.6 Å². The van der Waals surface area contributed by atoms with Crippen LogP contribution >= 0.6 is 0 Å². The van der Waals surface area contributed by atoms with Gasteiger partial charge in [0.1, 0.15) is 0 Å². The first-order valence-electron chi connectivity index (χ1n) is 9.22. The van der Waals surface area contributed by atoms with Crippen molar-refractivity contribution in [3.8, 4) is 0 Å². The van der Waals surface area contributed by atoms with E-state index in [1.54, 1.807) is 6.08 Å². The molecule has 3 aliphatic rings. The van der Waals surface area contributed by atoms with Crippen molar-refractivity contribution in [3.05, 3.63) is 11.6 Å². The van der Waals surface area contributed by atoms with Crippen molar-refractivity contribution < 1.29 is 19.4 Å². The van der Waals surface area contributed by atoms with Gasteiger partial charge in [-0.1, -0.05) is 20.8 Å². The maximum Gasteiger partial charge on any atom is 0.333 e. The Hall–Kier alpha value is -1.16. The zero-order valence-corrected chi connectivity index (χ0v) is 15.3. The number of esters is 1. The van der Waals surface area contributed by atoms with E-state index < -0.39 is 0 Å². The highest BCUT2D eigenvalue weighted by molar-refractivity contribution is 6.01. The Kier molecular flexibility index (Phi) is 4.40. The molecule has 1 N–H and O–H groups in total. The Bertz CT molecular complexity index is 576. The number of aliphatic hydroxyl groups is 1. The van der Waals surface area contributed by atoms with Crippen molar-refractivity contribution in [3.63, 3.8) is 0 Å². The largest absolute Gasteiger partial charge is 0.466 e. The van der Waals surface area contributed by atoms with Crippen LogP contribution in [-0.4, -0.2) is 30.1 Å². The van der Waals surface area contributed by atoms with Crippen LogP contribution in [-0.2, 0) is 14.3 Å². The van der Waals surface area contributed by atoms with Crippen LogP contribution in [0.4, 0.5) is 0 Å². The fraction of sp³-hybridized carbons (Fsp3) is 0.800. The summed E-state index contributed by atoms with van der Waals surface area (Å²) < 4.78 is 4.83. The molecule has 134 valence electrons. The van der Waals surface area contributed by atoms with Crippen LogP contribution in [0.5, 0.6) is 0 Å². The second-order valence-electron chi connectivity index (χ2n) is 8.83. The average Bonchev–Trinajstić information content (AvgIpc) is 2.71. The molecule has 0 heterocycles. The van der Waals surface area contributed by atoms with Crippen LogP contribution < -0.4 is 0 Å². The SMILES string of the molecule is COC(=O)C1=CC(=O)C2CCC3C(C)(C)C(O)CCC3(C)C2CC1. The number of carbonyl (C=O) groups excluding carboxylic acids is 2. The van der Waals surface area contributed by atoms with E-state index >= 15 is 0 Å². The molecule has 2 fully saturated rings. The lowest BCUT2D eigenvalue weighted by atomic mass is 9.45. The number of carbonyl (C=O) groups is 2. The Morgan fingerprint density at radius 1 is 1.21 bits per heavy atom. The summed E-state index contributed by atoms with van der Waals surface area (Å²) in [5, 5.41) is 10.5. The number of fused-ring (bicyclic) bond motifs is 3. The molecule has 0 aromatic heterocycles. The first-order valence-corrected chi connectivity index (χ1v) is 9.22. The maximum absolute atomic E-state index is 12.8. The second kappa shape index (κ2) is 5.98. The quantitative estimate of drug-likeness (QED) is 0.748. The third-order valence-corrected chi connectivity index (χ3v) is 7.46. The highest BCUT2D eigenvalue weighted by atomic mass is 16.5. The van der Waals surface area contributed by atoms with E-state index in [0.29, 0.717) is 17.9 Å². The summed E-state index contributed by atoms with van der Waals surface area (Å²) in [6.45, 7) is 6.67. The van der Waals surface area contributed by atoms with Gasteiger partial charge in [-0.25, -0.2) is 4.79 Å². The standard InChI is InChI=1S/C20H30O4/c1-19(2)16-8-6-13-14(20(16,3)10-9-17(19)22)7-5-12(11-15(13)21)18(23)24-4/h11,13-14,16-17,22H,5-10H2,1-4H3. The van der Waals surface area contributed by atoms with Gasteiger partial charge in [-0.15, -0.1) is 0 Å². The summed E-state index contributed by atoms with van der Waals surface area (Å²) >= 11 is 0. The minimum Gasteiger partial charge on any atom is -0.466 e. The molecule has 0 aromatic rings. The predicted molar refractivity (Wildman–Crippen MR) is 91.2 cm³/mol. The lowest BCUT2D eigenvalue weighted by Gasteiger charge is -2.60. The van der Waals surface area contributed by atoms with E-state index in [2.05, 4.69) is 20.8 Å². The molecule has 3 aliphatic carbocycles. The normalized spacial score (nSPS) is 41.5. The second-order valence-corrected chi connectivity index (χ2v) is 8.83. The number of ether oxygens (including phenoxy) is 1. The van der Waals surface area contributed by atoms with Crippen molar-refractivity contribution in [2.75, 3.05) is 7.11 Å². The molecule has 5 unspecified atom stereocenters. The van der Waals surface area contributed by atoms with E-state index in [9.17, 15) is 14.7 Å². The molecule has 0 bridgehead atoms. The Labute approximate surface area is 144 Å². The number of allylic oxidation sites excluding steroid dienone is 1. The van der Waals surface area contributed by atoms with Crippen LogP contribution in [0.1, 0.15) is 59.3 Å². The van der Waals surface area contributed by atoms with Gasteiger partial charge in [0, 0.05) is 11.5 Å². The van der Waals surface area contributed by atoms with Crippen LogP contribution in [0.25, 0.3) is 0 Å². The molecule has 2 saturated carbocycles. The van der Waals surface area contributed by atoms with Gasteiger partial charge in [-0.3, -0.25) is 4.79 Å². The smallest absolute Gasteiger partial charge is 0.333 e. The Morgan fingerprint density at radius 2 is 1.92 bits per heavy atom. The molecule has 4 heteroatoms. The number of methoxy groups -OCH3 is 1. The Balaban J connectivity index is 1.93. The third-order valence-electron chi connectivity index (χ3n) is 7.46. The Morgan fingerprint density at radius 3 is 2.58 bits per heavy atom. The molecular weight excluding hydrogens is 304 g/mol. The first-order chi connectivity index (χ1) is 11.2. The van der Waals surface area contributed by atoms with Gasteiger partial charge in [0.05, 0.1) is 13.2 Å². The number of rotatable bonds is 1. The molecule has 0 aliphatic heterocycles. The zero-order valence-electron chi connectivity index (χ0n) is 15.3. The summed E-state index contributed by atoms with van der Waals surface area (Å²) in [5.41, 5.74) is 0.458. The third kappa shape index (κ3) is 2.54. The van der Waals surface area contributed by atoms with Gasteiger partial charge in [0.15, 0.2) is 5.78 Å². The molecule has 24 heavy (non-hydrogen) atoms. The zero-order chi connectivity index (χ0) is 17.7. The van der Waals surface area contributed by atoms with Gasteiger partial charge in [0.25, 0.3) is 0 Å². The van der Waals surface area contributed by atoms with Crippen molar-refractivity contribution in [1.82, 2.24) is 0 Å². The summed E-state index contributed by atoms with van der Waals surface area (Å²) in [5.74, 6) is 0.445. The molecule has 0 amide bonds. The number of hydrogen-bond donors (Lipinski definition) is 1. The lowest BCUT2D eigenvalue weighted by molar-refractivity contribution is -0.157. The van der Waals surface area contributed by atoms with Gasteiger partial charge in [-0.05, 0) is 67.3 Å². The number of aliphatic hydroxyl groups excluding tert-OH is 1. The van der Waals surface area contributed by atoms with Gasteiger partial charge < -0.3 is 9.84 Å². The predicted octanol–water partition coefficient (Wildman–Crippen LogP) is 3.28. The van der Waals surface area contributed by atoms with Crippen molar-refractivity contribution in [2.24, 2.45) is 28.6 Å². The van der Waals surface area contributed by atoms with Crippen LogP contribution in [0.3, 0.4) is 0 Å². The minimum atomic E-state index is -0.372. The van der Waals surface area contributed by atoms with E-state index in [4.69, 9.17) is 4.74 Å². The minimum absolute atomic E-state index is 0.0134. The number of hydrogen-bond acceptors (Lipinski definition) is 4. The lowest BCUT2D eigenvalue weighted by Crippen LogP contribution is -2.56. The molecule has 0 spiro atoms. The molecule has 5 atom stereocenters. The van der Waals surface area contributed by atoms with Crippen LogP contribution in [0.2, 0.25) is 0 Å². The van der Waals surface area contributed by atoms with Crippen LogP contribution in [0.15, 0.2) is 11.6 Å². The summed E-state index contributed by atoms with van der Waals surface area (Å²) in [4.78, 5) is 24.7. The number of ketones is 1. The van der Waals surface area contributed by atoms with Crippen molar-refractivity contribution in [1.29, 1.82) is 0 Å². The van der Waals surface area contributed by atoms with Crippen molar-refractivity contribution >= 4 is 11.8 Å². The average molecular weight is 334 g/mol. The maximum atomic E-state index is 12.8. The van der Waals surface area contributed by atoms with Gasteiger partial charge in [-0.2, -0.15) is 0 Å². The first kappa shape index (κ1) is 17.7. The molecule has 0 radical (unpaired) electrons. The van der Waals surface area contributed by atoms with E-state index in [1.807, 2.05) is 0 Å². The topological polar surface area (TPSA) is 63.6 Å². The molecule has 3 rings (SSSR count). The molecule has 0 aromatic carbocycles. The summed E-state index contributed by atoms with van der Waals surface area (Å²) in [6, 6.07) is 0. The molecule has 4 nitrogen and oxygen atoms in total.